The summed E-state index contributed by atoms with van der Waals surface area (Å²) >= 11 is 0. The Morgan fingerprint density at radius 2 is 1.56 bits per heavy atom. The van der Waals surface area contributed by atoms with Crippen LogP contribution >= 0.6 is 0 Å². The third kappa shape index (κ3) is 3.59. The molecule has 4 aromatic rings. The van der Waals surface area contributed by atoms with Crippen LogP contribution in [0.5, 0.6) is 0 Å². The predicted molar refractivity (Wildman–Crippen MR) is 102 cm³/mol. The van der Waals surface area contributed by atoms with E-state index in [-0.39, 0.29) is 11.7 Å². The minimum Gasteiger partial charge on any atom is -0.337 e. The van der Waals surface area contributed by atoms with Gasteiger partial charge in [-0.15, -0.1) is 0 Å². The Morgan fingerprint density at radius 1 is 0.906 bits per heavy atom. The molecule has 12 heteroatoms. The third-order valence-corrected chi connectivity index (χ3v) is 4.95. The summed E-state index contributed by atoms with van der Waals surface area (Å²) < 4.78 is 47.7. The molecule has 1 atom stereocenters. The van der Waals surface area contributed by atoms with E-state index < -0.39 is 18.1 Å². The first kappa shape index (κ1) is 19.8. The molecule has 3 aromatic heterocycles. The maximum absolute atomic E-state index is 12.7. The Balaban J connectivity index is 1.40. The number of hydrogen-bond acceptors (Lipinski definition) is 8. The first-order chi connectivity index (χ1) is 15.4. The topological polar surface area (TPSA) is 111 Å². The monoisotopic (exact) mass is 442 g/mol. The molecule has 0 aliphatic carbocycles. The Labute approximate surface area is 177 Å². The Morgan fingerprint density at radius 3 is 2.25 bits per heavy atom. The van der Waals surface area contributed by atoms with Gasteiger partial charge in [0.05, 0.1) is 0 Å². The quantitative estimate of drug-likeness (QED) is 0.465. The summed E-state index contributed by atoms with van der Waals surface area (Å²) in [7, 11) is 0. The van der Waals surface area contributed by atoms with Gasteiger partial charge in [0.2, 0.25) is 23.4 Å². The Kier molecular flexibility index (Phi) is 4.68. The normalized spacial score (nSPS) is 16.7. The number of anilines is 1. The number of aromatic nitrogens is 5. The number of alkyl halides is 3. The number of hydrogen-bond donors (Lipinski definition) is 0. The molecule has 0 radical (unpaired) electrons. The van der Waals surface area contributed by atoms with E-state index in [0.29, 0.717) is 35.8 Å². The van der Waals surface area contributed by atoms with Gasteiger partial charge in [0.15, 0.2) is 0 Å². The highest BCUT2D eigenvalue weighted by Gasteiger charge is 2.39. The lowest BCUT2D eigenvalue weighted by molar-refractivity contribution is -0.159. The van der Waals surface area contributed by atoms with Crippen LogP contribution in [0.1, 0.15) is 30.7 Å². The van der Waals surface area contributed by atoms with Crippen molar-refractivity contribution in [1.82, 2.24) is 25.3 Å². The van der Waals surface area contributed by atoms with Gasteiger partial charge >= 0.3 is 12.1 Å². The molecule has 0 saturated carbocycles. The van der Waals surface area contributed by atoms with Crippen LogP contribution in [0.4, 0.5) is 18.9 Å². The van der Waals surface area contributed by atoms with Gasteiger partial charge in [0.25, 0.3) is 0 Å². The molecular weight excluding hydrogens is 429 g/mol. The van der Waals surface area contributed by atoms with Crippen LogP contribution in [0.3, 0.4) is 0 Å². The third-order valence-electron chi connectivity index (χ3n) is 4.95. The number of amides is 1. The van der Waals surface area contributed by atoms with Crippen molar-refractivity contribution in [1.29, 1.82) is 0 Å². The van der Waals surface area contributed by atoms with Crippen molar-refractivity contribution in [3.63, 3.8) is 0 Å². The zero-order chi connectivity index (χ0) is 22.3. The molecule has 1 amide bonds. The van der Waals surface area contributed by atoms with E-state index in [0.717, 1.165) is 5.56 Å². The number of carbonyl (C=O) groups excluding carboxylic acids is 1. The summed E-state index contributed by atoms with van der Waals surface area (Å²) in [5.41, 5.74) is 1.58. The summed E-state index contributed by atoms with van der Waals surface area (Å²) in [4.78, 5) is 25.8. The van der Waals surface area contributed by atoms with E-state index in [1.54, 1.807) is 36.7 Å². The average molecular weight is 442 g/mol. The average Bonchev–Trinajstić information content (AvgIpc) is 3.54. The summed E-state index contributed by atoms with van der Waals surface area (Å²) in [6, 6.07) is 9.24. The van der Waals surface area contributed by atoms with E-state index in [2.05, 4.69) is 29.8 Å². The van der Waals surface area contributed by atoms with Crippen molar-refractivity contribution in [2.24, 2.45) is 0 Å². The van der Waals surface area contributed by atoms with Gasteiger partial charge in [0.1, 0.15) is 6.04 Å². The molecule has 0 spiro atoms. The fourth-order valence-electron chi connectivity index (χ4n) is 3.46. The molecular formula is C20H13F3N6O3. The van der Waals surface area contributed by atoms with Crippen molar-refractivity contribution in [2.75, 3.05) is 4.90 Å². The lowest BCUT2D eigenvalue weighted by Crippen LogP contribution is -2.27. The number of halogens is 3. The van der Waals surface area contributed by atoms with Gasteiger partial charge in [-0.2, -0.15) is 23.1 Å². The maximum Gasteiger partial charge on any atom is 0.471 e. The number of pyridine rings is 1. The predicted octanol–water partition coefficient (Wildman–Crippen LogP) is 4.07. The van der Waals surface area contributed by atoms with Gasteiger partial charge in [-0.25, -0.2) is 0 Å². The van der Waals surface area contributed by atoms with Crippen LogP contribution < -0.4 is 4.90 Å². The molecule has 162 valence electrons. The lowest BCUT2D eigenvalue weighted by atomic mass is 10.1. The standard InChI is InChI=1S/C20H13F3N6O3/c21-20(22,23)19-26-17(28-32-19)11-1-3-13(4-2-11)29-14(5-6-15(29)30)18-25-16(27-31-18)12-7-9-24-10-8-12/h1-4,7-10,14H,5-6H2/t14-/m0/s1. The van der Waals surface area contributed by atoms with Crippen molar-refractivity contribution >= 4 is 11.6 Å². The van der Waals surface area contributed by atoms with Gasteiger partial charge in [-0.3, -0.25) is 14.7 Å². The molecule has 9 nitrogen and oxygen atoms in total. The van der Waals surface area contributed by atoms with Crippen LogP contribution in [-0.4, -0.2) is 31.2 Å². The number of benzene rings is 1. The summed E-state index contributed by atoms with van der Waals surface area (Å²) in [5.74, 6) is -1.08. The van der Waals surface area contributed by atoms with Crippen LogP contribution in [0.15, 0.2) is 57.8 Å². The zero-order valence-electron chi connectivity index (χ0n) is 16.2. The van der Waals surface area contributed by atoms with E-state index in [1.165, 1.54) is 17.0 Å². The van der Waals surface area contributed by atoms with E-state index in [1.807, 2.05) is 0 Å². The van der Waals surface area contributed by atoms with Gasteiger partial charge < -0.3 is 9.05 Å². The second-order valence-corrected chi connectivity index (χ2v) is 6.98. The minimum atomic E-state index is -4.72. The molecule has 0 N–H and O–H groups in total. The van der Waals surface area contributed by atoms with Gasteiger partial charge in [-0.1, -0.05) is 10.3 Å². The van der Waals surface area contributed by atoms with Gasteiger partial charge in [0, 0.05) is 35.6 Å². The summed E-state index contributed by atoms with van der Waals surface area (Å²) in [6.45, 7) is 0. The van der Waals surface area contributed by atoms with Crippen molar-refractivity contribution in [3.05, 3.63) is 60.6 Å². The van der Waals surface area contributed by atoms with Crippen molar-refractivity contribution in [3.8, 4) is 22.8 Å². The Hall–Kier alpha value is -4.09. The molecule has 4 heterocycles. The second-order valence-electron chi connectivity index (χ2n) is 6.98. The molecule has 0 unspecified atom stereocenters. The molecule has 1 fully saturated rings. The first-order valence-electron chi connectivity index (χ1n) is 9.47. The minimum absolute atomic E-state index is 0.134. The fourth-order valence-corrected chi connectivity index (χ4v) is 3.46. The zero-order valence-corrected chi connectivity index (χ0v) is 16.2. The highest BCUT2D eigenvalue weighted by molar-refractivity contribution is 5.96. The van der Waals surface area contributed by atoms with Crippen LogP contribution in [0.2, 0.25) is 0 Å². The van der Waals surface area contributed by atoms with Crippen LogP contribution in [0, 0.1) is 0 Å². The largest absolute Gasteiger partial charge is 0.471 e. The highest BCUT2D eigenvalue weighted by Crippen LogP contribution is 2.37. The molecule has 32 heavy (non-hydrogen) atoms. The SMILES string of the molecule is O=C1CC[C@@H](c2nc(-c3ccncc3)no2)N1c1ccc(-c2noc(C(F)(F)F)n2)cc1. The molecule has 1 aromatic carbocycles. The number of nitrogens with zero attached hydrogens (tertiary/aromatic N) is 6. The van der Waals surface area contributed by atoms with Crippen molar-refractivity contribution < 1.29 is 27.0 Å². The first-order valence-corrected chi connectivity index (χ1v) is 9.47. The molecule has 1 saturated heterocycles. The maximum atomic E-state index is 12.7. The van der Waals surface area contributed by atoms with Gasteiger partial charge in [-0.05, 0) is 42.8 Å². The molecule has 0 bridgehead atoms. The van der Waals surface area contributed by atoms with E-state index >= 15 is 0 Å². The molecule has 5 rings (SSSR count). The van der Waals surface area contributed by atoms with Crippen LogP contribution in [-0.2, 0) is 11.0 Å². The fraction of sp³-hybridized carbons (Fsp3) is 0.200. The lowest BCUT2D eigenvalue weighted by Gasteiger charge is -2.22. The molecule has 1 aliphatic rings. The molecule has 1 aliphatic heterocycles. The van der Waals surface area contributed by atoms with Crippen molar-refractivity contribution in [2.45, 2.75) is 25.1 Å². The smallest absolute Gasteiger partial charge is 0.337 e. The van der Waals surface area contributed by atoms with E-state index in [4.69, 9.17) is 4.52 Å². The number of carbonyl (C=O) groups is 1. The number of rotatable bonds is 4. The van der Waals surface area contributed by atoms with E-state index in [9.17, 15) is 18.0 Å². The highest BCUT2D eigenvalue weighted by atomic mass is 19.4. The second kappa shape index (κ2) is 7.55. The van der Waals surface area contributed by atoms with Crippen LogP contribution in [0.25, 0.3) is 22.8 Å². The summed E-state index contributed by atoms with van der Waals surface area (Å²) in [6.07, 6.45) is -0.726. The Bertz CT molecular complexity index is 1250. The summed E-state index contributed by atoms with van der Waals surface area (Å²) in [5, 5.41) is 7.35.